The molecule has 14 heteroatoms. The van der Waals surface area contributed by atoms with Crippen molar-refractivity contribution in [1.82, 2.24) is 4.98 Å². The summed E-state index contributed by atoms with van der Waals surface area (Å²) in [5, 5.41) is 2.31. The lowest BCUT2D eigenvalue weighted by atomic mass is 9.77. The normalized spacial score (nSPS) is 24.1. The van der Waals surface area contributed by atoms with Gasteiger partial charge in [-0.1, -0.05) is 13.0 Å². The molecular formula is C22H20F7N3O4. The highest BCUT2D eigenvalue weighted by Crippen LogP contribution is 2.55. The number of nitrogens with one attached hydrogen (secondary N) is 1. The lowest BCUT2D eigenvalue weighted by Gasteiger charge is -2.32. The van der Waals surface area contributed by atoms with E-state index < -0.39 is 71.1 Å². The van der Waals surface area contributed by atoms with Crippen molar-refractivity contribution in [3.8, 4) is 5.75 Å². The molecule has 4 atom stereocenters. The van der Waals surface area contributed by atoms with Crippen LogP contribution in [0.5, 0.6) is 5.75 Å². The van der Waals surface area contributed by atoms with Crippen molar-refractivity contribution in [1.29, 1.82) is 0 Å². The van der Waals surface area contributed by atoms with Gasteiger partial charge in [-0.05, 0) is 31.5 Å². The molecular weight excluding hydrogens is 503 g/mol. The van der Waals surface area contributed by atoms with Crippen molar-refractivity contribution in [2.75, 3.05) is 5.32 Å². The maximum atomic E-state index is 14.4. The molecule has 36 heavy (non-hydrogen) atoms. The van der Waals surface area contributed by atoms with Crippen molar-refractivity contribution < 1.29 is 49.8 Å². The smallest absolute Gasteiger partial charge is 0.417 e. The number of aromatic nitrogens is 1. The zero-order valence-electron chi connectivity index (χ0n) is 18.9. The number of aryl methyl sites for hydroxylation is 1. The standard InChI is InChI=1S/C22H20F7N3O4/c1-8-7-31-13(18(30)33)6-12(8)32-19(34)17-14(9(2)21(3,36-17)22(27,28)29)10-4-5-11(23)15(24)16(10)35-20(25)26/h4-7,9,14,17,20H,1-3H3,(H2,30,33)(H,31,32,34)/t9-,14-,17-,21+/m0/s1. The molecule has 0 saturated carbocycles. The third-order valence-electron chi connectivity index (χ3n) is 6.19. The van der Waals surface area contributed by atoms with Crippen LogP contribution in [-0.4, -0.2) is 41.3 Å². The van der Waals surface area contributed by atoms with Gasteiger partial charge in [-0.2, -0.15) is 26.3 Å². The molecule has 3 rings (SSSR count). The fraction of sp³-hybridized carbons (Fsp3) is 0.409. The van der Waals surface area contributed by atoms with Gasteiger partial charge in [0.15, 0.2) is 17.2 Å². The zero-order valence-corrected chi connectivity index (χ0v) is 18.9. The number of hydrogen-bond donors (Lipinski definition) is 2. The van der Waals surface area contributed by atoms with Gasteiger partial charge >= 0.3 is 12.8 Å². The number of anilines is 1. The summed E-state index contributed by atoms with van der Waals surface area (Å²) in [4.78, 5) is 28.4. The predicted octanol–water partition coefficient (Wildman–Crippen LogP) is 4.45. The molecule has 2 amide bonds. The molecule has 1 saturated heterocycles. The van der Waals surface area contributed by atoms with Crippen LogP contribution in [0.25, 0.3) is 0 Å². The lowest BCUT2D eigenvalue weighted by molar-refractivity contribution is -0.272. The number of halogens is 7. The van der Waals surface area contributed by atoms with E-state index in [0.29, 0.717) is 18.6 Å². The Kier molecular flexibility index (Phi) is 7.22. The summed E-state index contributed by atoms with van der Waals surface area (Å²) in [5.74, 6) is -10.3. The highest BCUT2D eigenvalue weighted by molar-refractivity contribution is 5.98. The largest absolute Gasteiger partial charge is 0.431 e. The van der Waals surface area contributed by atoms with Gasteiger partial charge < -0.3 is 20.5 Å². The minimum atomic E-state index is -5.05. The summed E-state index contributed by atoms with van der Waals surface area (Å²) in [7, 11) is 0. The molecule has 1 aromatic heterocycles. The zero-order chi connectivity index (χ0) is 27.2. The third kappa shape index (κ3) is 4.81. The molecule has 1 aromatic carbocycles. The van der Waals surface area contributed by atoms with Gasteiger partial charge in [-0.15, -0.1) is 0 Å². The number of carbonyl (C=O) groups excluding carboxylic acids is 2. The first-order valence-corrected chi connectivity index (χ1v) is 10.3. The summed E-state index contributed by atoms with van der Waals surface area (Å²) < 4.78 is 105. The summed E-state index contributed by atoms with van der Waals surface area (Å²) in [6, 6.07) is 2.35. The van der Waals surface area contributed by atoms with Crippen LogP contribution in [0, 0.1) is 24.5 Å². The van der Waals surface area contributed by atoms with Crippen LogP contribution in [0.2, 0.25) is 0 Å². The number of primary amides is 1. The fourth-order valence-corrected chi connectivity index (χ4v) is 4.04. The van der Waals surface area contributed by atoms with E-state index >= 15 is 0 Å². The number of carbonyl (C=O) groups is 2. The number of alkyl halides is 5. The average Bonchev–Trinajstić information content (AvgIpc) is 3.05. The first kappa shape index (κ1) is 27.2. The van der Waals surface area contributed by atoms with Gasteiger partial charge in [-0.3, -0.25) is 14.6 Å². The fourth-order valence-electron chi connectivity index (χ4n) is 4.04. The lowest BCUT2D eigenvalue weighted by Crippen LogP contribution is -2.47. The van der Waals surface area contributed by atoms with E-state index in [2.05, 4.69) is 15.0 Å². The van der Waals surface area contributed by atoms with Gasteiger partial charge in [0.25, 0.3) is 11.8 Å². The predicted molar refractivity (Wildman–Crippen MR) is 110 cm³/mol. The summed E-state index contributed by atoms with van der Waals surface area (Å²) >= 11 is 0. The molecule has 0 spiro atoms. The van der Waals surface area contributed by atoms with Gasteiger partial charge in [0, 0.05) is 29.3 Å². The minimum absolute atomic E-state index is 0.0474. The van der Waals surface area contributed by atoms with Crippen LogP contribution in [0.4, 0.5) is 36.4 Å². The summed E-state index contributed by atoms with van der Waals surface area (Å²) in [5.41, 5.74) is 1.53. The van der Waals surface area contributed by atoms with Crippen molar-refractivity contribution >= 4 is 17.5 Å². The Hall–Kier alpha value is -3.42. The number of nitrogens with two attached hydrogens (primary N) is 1. The molecule has 1 aliphatic heterocycles. The second-order valence-electron chi connectivity index (χ2n) is 8.35. The molecule has 0 aliphatic carbocycles. The SMILES string of the molecule is Cc1cnc(C(N)=O)cc1NC(=O)[C@H]1O[C@@](C)(C(F)(F)F)[C@@H](C)[C@H]1c1ccc(F)c(F)c1OC(F)F. The van der Waals surface area contributed by atoms with Crippen molar-refractivity contribution in [2.45, 2.75) is 51.2 Å². The van der Waals surface area contributed by atoms with E-state index in [9.17, 15) is 40.3 Å². The Morgan fingerprint density at radius 1 is 1.25 bits per heavy atom. The maximum Gasteiger partial charge on any atom is 0.417 e. The van der Waals surface area contributed by atoms with Gasteiger partial charge in [0.1, 0.15) is 11.8 Å². The van der Waals surface area contributed by atoms with Crippen LogP contribution in [0.3, 0.4) is 0 Å². The molecule has 1 aliphatic rings. The van der Waals surface area contributed by atoms with E-state index in [1.54, 1.807) is 0 Å². The minimum Gasteiger partial charge on any atom is -0.431 e. The number of pyridine rings is 1. The maximum absolute atomic E-state index is 14.4. The van der Waals surface area contributed by atoms with Crippen LogP contribution in [-0.2, 0) is 9.53 Å². The van der Waals surface area contributed by atoms with Crippen molar-refractivity contribution in [2.24, 2.45) is 11.7 Å². The molecule has 0 unspecified atom stereocenters. The number of rotatable bonds is 6. The first-order chi connectivity index (χ1) is 16.6. The van der Waals surface area contributed by atoms with Crippen LogP contribution in [0.15, 0.2) is 24.4 Å². The van der Waals surface area contributed by atoms with E-state index in [1.165, 1.54) is 13.1 Å². The topological polar surface area (TPSA) is 104 Å². The van der Waals surface area contributed by atoms with Crippen molar-refractivity contribution in [3.63, 3.8) is 0 Å². The first-order valence-electron chi connectivity index (χ1n) is 10.3. The molecule has 2 heterocycles. The van der Waals surface area contributed by atoms with Gasteiger partial charge in [0.2, 0.25) is 5.82 Å². The van der Waals surface area contributed by atoms with Gasteiger partial charge in [-0.25, -0.2) is 4.39 Å². The third-order valence-corrected chi connectivity index (χ3v) is 6.19. The summed E-state index contributed by atoms with van der Waals surface area (Å²) in [6.07, 6.45) is -5.90. The second kappa shape index (κ2) is 9.56. The van der Waals surface area contributed by atoms with Crippen LogP contribution in [0.1, 0.15) is 41.4 Å². The van der Waals surface area contributed by atoms with E-state index in [4.69, 9.17) is 10.5 Å². The Morgan fingerprint density at radius 3 is 2.44 bits per heavy atom. The average molecular weight is 523 g/mol. The number of hydrogen-bond acceptors (Lipinski definition) is 5. The molecule has 3 N–H and O–H groups in total. The molecule has 0 bridgehead atoms. The highest BCUT2D eigenvalue weighted by Gasteiger charge is 2.66. The van der Waals surface area contributed by atoms with Crippen LogP contribution >= 0.6 is 0 Å². The van der Waals surface area contributed by atoms with Gasteiger partial charge in [0.05, 0.1) is 0 Å². The number of ether oxygens (including phenoxy) is 2. The summed E-state index contributed by atoms with van der Waals surface area (Å²) in [6.45, 7) is -0.506. The van der Waals surface area contributed by atoms with E-state index in [1.807, 2.05) is 0 Å². The van der Waals surface area contributed by atoms with Crippen LogP contribution < -0.4 is 15.8 Å². The number of benzene rings is 1. The Bertz CT molecular complexity index is 1190. The Balaban J connectivity index is 2.13. The Labute approximate surface area is 199 Å². The molecule has 2 aromatic rings. The molecule has 0 radical (unpaired) electrons. The second-order valence-corrected chi connectivity index (χ2v) is 8.35. The monoisotopic (exact) mass is 523 g/mol. The molecule has 1 fully saturated rings. The van der Waals surface area contributed by atoms with Crippen molar-refractivity contribution in [3.05, 3.63) is 52.9 Å². The number of nitrogens with zero attached hydrogens (tertiary/aromatic N) is 1. The van der Waals surface area contributed by atoms with E-state index in [0.717, 1.165) is 19.1 Å². The quantitative estimate of drug-likeness (QED) is 0.545. The number of amides is 2. The molecule has 196 valence electrons. The molecule has 7 nitrogen and oxygen atoms in total. The van der Waals surface area contributed by atoms with E-state index in [-0.39, 0.29) is 11.4 Å². The Morgan fingerprint density at radius 2 is 1.89 bits per heavy atom. The highest BCUT2D eigenvalue weighted by atomic mass is 19.4.